The number of carbonyl (C=O) groups is 2. The Morgan fingerprint density at radius 1 is 0.957 bits per heavy atom. The van der Waals surface area contributed by atoms with Gasteiger partial charge in [0.15, 0.2) is 0 Å². The van der Waals surface area contributed by atoms with E-state index in [1.165, 1.54) is 0 Å². The lowest BCUT2D eigenvalue weighted by Crippen LogP contribution is -2.11. The van der Waals surface area contributed by atoms with E-state index in [2.05, 4.69) is 0 Å². The van der Waals surface area contributed by atoms with Gasteiger partial charge in [-0.05, 0) is 36.6 Å². The van der Waals surface area contributed by atoms with Crippen molar-refractivity contribution < 1.29 is 19.1 Å². The van der Waals surface area contributed by atoms with Crippen LogP contribution in [0.15, 0.2) is 48.5 Å². The molecule has 0 N–H and O–H groups in total. The molecule has 0 saturated carbocycles. The Kier molecular flexibility index (Phi) is 5.92. The molecule has 0 fully saturated rings. The fraction of sp³-hybridized carbons (Fsp3) is 0.263. The molecule has 2 rings (SSSR count). The molecule has 2 aromatic carbocycles. The molecule has 0 spiro atoms. The summed E-state index contributed by atoms with van der Waals surface area (Å²) >= 11 is 0. The van der Waals surface area contributed by atoms with Crippen LogP contribution in [0.2, 0.25) is 0 Å². The average molecular weight is 312 g/mol. The molecule has 0 aliphatic rings. The second-order valence-corrected chi connectivity index (χ2v) is 5.26. The summed E-state index contributed by atoms with van der Waals surface area (Å²) in [7, 11) is 0. The maximum absolute atomic E-state index is 11.5. The molecular weight excluding hydrogens is 292 g/mol. The summed E-state index contributed by atoms with van der Waals surface area (Å²) < 4.78 is 10.0. The molecule has 120 valence electrons. The van der Waals surface area contributed by atoms with Crippen LogP contribution in [0.4, 0.5) is 4.79 Å². The van der Waals surface area contributed by atoms with Crippen molar-refractivity contribution in [2.45, 2.75) is 26.7 Å². The van der Waals surface area contributed by atoms with E-state index in [9.17, 15) is 9.59 Å². The second-order valence-electron chi connectivity index (χ2n) is 5.26. The summed E-state index contributed by atoms with van der Waals surface area (Å²) in [6.07, 6.45) is 0.385. The lowest BCUT2D eigenvalue weighted by atomic mass is 10.0. The topological polar surface area (TPSA) is 52.6 Å². The molecule has 0 atom stereocenters. The molecule has 4 nitrogen and oxygen atoms in total. The van der Waals surface area contributed by atoms with Gasteiger partial charge in [-0.3, -0.25) is 4.79 Å². The monoisotopic (exact) mass is 312 g/mol. The quantitative estimate of drug-likeness (QED) is 0.599. The van der Waals surface area contributed by atoms with Gasteiger partial charge < -0.3 is 9.47 Å². The number of Topliss-reactive ketones (excluding diaryl/α,β-unsaturated/α-hetero) is 1. The summed E-state index contributed by atoms with van der Waals surface area (Å²) in [6.45, 7) is 3.59. The summed E-state index contributed by atoms with van der Waals surface area (Å²) in [5.41, 5.74) is 2.98. The highest BCUT2D eigenvalue weighted by Gasteiger charge is 2.10. The minimum Gasteiger partial charge on any atom is -0.434 e. The van der Waals surface area contributed by atoms with Gasteiger partial charge in [-0.1, -0.05) is 42.5 Å². The van der Waals surface area contributed by atoms with Gasteiger partial charge in [0.05, 0.1) is 6.61 Å². The van der Waals surface area contributed by atoms with Crippen LogP contribution < -0.4 is 4.74 Å². The minimum atomic E-state index is -0.697. The Morgan fingerprint density at radius 2 is 1.61 bits per heavy atom. The van der Waals surface area contributed by atoms with Gasteiger partial charge in [0, 0.05) is 12.8 Å². The minimum absolute atomic E-state index is 0.144. The van der Waals surface area contributed by atoms with Crippen molar-refractivity contribution in [1.29, 1.82) is 0 Å². The van der Waals surface area contributed by atoms with Crippen LogP contribution in [0.1, 0.15) is 30.5 Å². The highest BCUT2D eigenvalue weighted by atomic mass is 16.7. The van der Waals surface area contributed by atoms with E-state index in [4.69, 9.17) is 9.47 Å². The van der Waals surface area contributed by atoms with E-state index >= 15 is 0 Å². The zero-order valence-corrected chi connectivity index (χ0v) is 13.4. The van der Waals surface area contributed by atoms with Crippen molar-refractivity contribution in [2.75, 3.05) is 6.61 Å². The van der Waals surface area contributed by atoms with Gasteiger partial charge in [-0.2, -0.15) is 0 Å². The Morgan fingerprint density at radius 3 is 2.26 bits per heavy atom. The van der Waals surface area contributed by atoms with Gasteiger partial charge in [0.25, 0.3) is 0 Å². The molecule has 0 bridgehead atoms. The number of rotatable bonds is 6. The van der Waals surface area contributed by atoms with E-state index < -0.39 is 6.16 Å². The second kappa shape index (κ2) is 8.13. The molecule has 4 heteroatoms. The smallest absolute Gasteiger partial charge is 0.434 e. The van der Waals surface area contributed by atoms with Crippen molar-refractivity contribution in [3.63, 3.8) is 0 Å². The summed E-state index contributed by atoms with van der Waals surface area (Å²) in [5.74, 6) is 0.643. The average Bonchev–Trinajstić information content (AvgIpc) is 2.51. The Bertz CT molecular complexity index is 674. The molecule has 0 amide bonds. The first-order valence-electron chi connectivity index (χ1n) is 7.58. The SMILES string of the molecule is CCOC(=O)Oc1ccccc1Cc1ccc(CC(C)=O)cc1. The van der Waals surface area contributed by atoms with Crippen LogP contribution in [-0.2, 0) is 22.4 Å². The van der Waals surface area contributed by atoms with Crippen molar-refractivity contribution in [3.05, 3.63) is 65.2 Å². The number of ketones is 1. The van der Waals surface area contributed by atoms with E-state index in [1.54, 1.807) is 19.9 Å². The lowest BCUT2D eigenvalue weighted by Gasteiger charge is -2.10. The lowest BCUT2D eigenvalue weighted by molar-refractivity contribution is -0.116. The number of carbonyl (C=O) groups excluding carboxylic acids is 2. The highest BCUT2D eigenvalue weighted by Crippen LogP contribution is 2.22. The standard InChI is InChI=1S/C19H20O4/c1-3-22-19(21)23-18-7-5-4-6-17(18)13-16-10-8-15(9-11-16)12-14(2)20/h4-11H,3,12-13H2,1-2H3. The van der Waals surface area contributed by atoms with Crippen LogP contribution in [0.25, 0.3) is 0 Å². The van der Waals surface area contributed by atoms with Crippen molar-refractivity contribution in [3.8, 4) is 5.75 Å². The molecule has 0 unspecified atom stereocenters. The third kappa shape index (κ3) is 5.25. The van der Waals surface area contributed by atoms with Crippen molar-refractivity contribution >= 4 is 11.9 Å². The number of ether oxygens (including phenoxy) is 2. The first-order valence-corrected chi connectivity index (χ1v) is 7.58. The van der Waals surface area contributed by atoms with Gasteiger partial charge in [-0.25, -0.2) is 4.79 Å². The van der Waals surface area contributed by atoms with E-state index in [0.29, 0.717) is 18.6 Å². The molecule has 0 aliphatic heterocycles. The molecule has 0 aliphatic carbocycles. The Balaban J connectivity index is 2.10. The number of para-hydroxylation sites is 1. The largest absolute Gasteiger partial charge is 0.513 e. The molecule has 0 aromatic heterocycles. The van der Waals surface area contributed by atoms with Gasteiger partial charge in [0.1, 0.15) is 11.5 Å². The Labute approximate surface area is 136 Å². The molecule has 23 heavy (non-hydrogen) atoms. The van der Waals surface area contributed by atoms with Crippen LogP contribution in [0.3, 0.4) is 0 Å². The summed E-state index contributed by atoms with van der Waals surface area (Å²) in [4.78, 5) is 22.6. The van der Waals surface area contributed by atoms with Gasteiger partial charge in [-0.15, -0.1) is 0 Å². The maximum Gasteiger partial charge on any atom is 0.513 e. The third-order valence-electron chi connectivity index (χ3n) is 3.30. The number of benzene rings is 2. The Hall–Kier alpha value is -2.62. The van der Waals surface area contributed by atoms with Crippen LogP contribution in [0, 0.1) is 0 Å². The zero-order valence-electron chi connectivity index (χ0n) is 13.4. The van der Waals surface area contributed by atoms with E-state index in [0.717, 1.165) is 16.7 Å². The molecular formula is C19H20O4. The molecule has 2 aromatic rings. The normalized spacial score (nSPS) is 10.2. The summed E-state index contributed by atoms with van der Waals surface area (Å²) in [6, 6.07) is 15.2. The van der Waals surface area contributed by atoms with Gasteiger partial charge >= 0.3 is 6.16 Å². The number of hydrogen-bond acceptors (Lipinski definition) is 4. The van der Waals surface area contributed by atoms with E-state index in [-0.39, 0.29) is 12.4 Å². The molecule has 0 radical (unpaired) electrons. The molecule has 0 saturated heterocycles. The number of hydrogen-bond donors (Lipinski definition) is 0. The summed E-state index contributed by atoms with van der Waals surface area (Å²) in [5, 5.41) is 0. The van der Waals surface area contributed by atoms with Crippen LogP contribution >= 0.6 is 0 Å². The fourth-order valence-corrected chi connectivity index (χ4v) is 2.27. The van der Waals surface area contributed by atoms with Gasteiger partial charge in [0.2, 0.25) is 0 Å². The maximum atomic E-state index is 11.5. The first-order chi connectivity index (χ1) is 11.1. The zero-order chi connectivity index (χ0) is 16.7. The van der Waals surface area contributed by atoms with Crippen molar-refractivity contribution in [1.82, 2.24) is 0 Å². The predicted octanol–water partition coefficient (Wildman–Crippen LogP) is 3.94. The fourth-order valence-electron chi connectivity index (χ4n) is 2.27. The van der Waals surface area contributed by atoms with Crippen molar-refractivity contribution in [2.24, 2.45) is 0 Å². The third-order valence-corrected chi connectivity index (χ3v) is 3.30. The molecule has 0 heterocycles. The van der Waals surface area contributed by atoms with Crippen LogP contribution in [-0.4, -0.2) is 18.5 Å². The van der Waals surface area contributed by atoms with Crippen LogP contribution in [0.5, 0.6) is 5.75 Å². The predicted molar refractivity (Wildman–Crippen MR) is 87.7 cm³/mol. The highest BCUT2D eigenvalue weighted by molar-refractivity contribution is 5.78. The first kappa shape index (κ1) is 16.7. The van der Waals surface area contributed by atoms with E-state index in [1.807, 2.05) is 42.5 Å².